The van der Waals surface area contributed by atoms with Gasteiger partial charge in [-0.25, -0.2) is 0 Å². The number of carbonyl (C=O) groups excluding carboxylic acids is 2. The highest BCUT2D eigenvalue weighted by atomic mass is 16.2. The van der Waals surface area contributed by atoms with Gasteiger partial charge in [0.15, 0.2) is 0 Å². The first-order valence-electron chi connectivity index (χ1n) is 8.60. The highest BCUT2D eigenvalue weighted by molar-refractivity contribution is 6.27. The molecule has 0 bridgehead atoms. The molecule has 0 radical (unpaired) electrons. The van der Waals surface area contributed by atoms with E-state index in [4.69, 9.17) is 0 Å². The van der Waals surface area contributed by atoms with Crippen LogP contribution in [0.15, 0.2) is 66.2 Å². The van der Waals surface area contributed by atoms with E-state index < -0.39 is 0 Å². The Morgan fingerprint density at radius 1 is 0.808 bits per heavy atom. The number of amides is 2. The van der Waals surface area contributed by atoms with Crippen molar-refractivity contribution in [1.82, 2.24) is 10.6 Å². The van der Waals surface area contributed by atoms with Crippen molar-refractivity contribution < 1.29 is 9.59 Å². The number of hydrogen-bond acceptors (Lipinski definition) is 2. The van der Waals surface area contributed by atoms with Gasteiger partial charge in [0, 0.05) is 18.7 Å². The van der Waals surface area contributed by atoms with Crippen LogP contribution in [0.4, 0.5) is 0 Å². The molecule has 0 saturated carbocycles. The molecule has 0 fully saturated rings. The third-order valence-electron chi connectivity index (χ3n) is 3.55. The second kappa shape index (κ2) is 9.85. The number of hydrogen-bond donors (Lipinski definition) is 2. The highest BCUT2D eigenvalue weighted by Crippen LogP contribution is 2.19. The van der Waals surface area contributed by atoms with Gasteiger partial charge in [0.05, 0.1) is 5.57 Å². The van der Waals surface area contributed by atoms with Crippen molar-refractivity contribution in [1.29, 1.82) is 0 Å². The maximum atomic E-state index is 12.7. The summed E-state index contributed by atoms with van der Waals surface area (Å²) in [5.41, 5.74) is 1.87. The molecule has 0 spiro atoms. The fourth-order valence-corrected chi connectivity index (χ4v) is 2.38. The lowest BCUT2D eigenvalue weighted by Gasteiger charge is -2.11. The molecule has 26 heavy (non-hydrogen) atoms. The summed E-state index contributed by atoms with van der Waals surface area (Å²) in [6, 6.07) is 18.5. The minimum Gasteiger partial charge on any atom is -0.352 e. The number of likely N-dealkylation sites (N-methyl/N-ethyl adjacent to an activating group) is 2. The van der Waals surface area contributed by atoms with Gasteiger partial charge in [0.1, 0.15) is 5.57 Å². The lowest BCUT2D eigenvalue weighted by molar-refractivity contribution is -0.118. The molecule has 2 amide bonds. The minimum absolute atomic E-state index is 0.160. The zero-order valence-electron chi connectivity index (χ0n) is 15.0. The average Bonchev–Trinajstić information content (AvgIpc) is 2.67. The summed E-state index contributed by atoms with van der Waals surface area (Å²) in [6.45, 7) is 4.58. The number of benzene rings is 2. The Bertz CT molecular complexity index is 844. The van der Waals surface area contributed by atoms with E-state index in [1.165, 1.54) is 0 Å². The second-order valence-electron chi connectivity index (χ2n) is 5.45. The summed E-state index contributed by atoms with van der Waals surface area (Å²) >= 11 is 0. The summed E-state index contributed by atoms with van der Waals surface area (Å²) in [4.78, 5) is 25.3. The van der Waals surface area contributed by atoms with Crippen molar-refractivity contribution in [3.05, 3.63) is 77.4 Å². The Hall–Kier alpha value is -3.32. The lowest BCUT2D eigenvalue weighted by atomic mass is 9.98. The molecule has 0 aromatic heterocycles. The Kier molecular flexibility index (Phi) is 7.20. The largest absolute Gasteiger partial charge is 0.352 e. The van der Waals surface area contributed by atoms with Gasteiger partial charge in [-0.05, 0) is 31.5 Å². The van der Waals surface area contributed by atoms with Crippen LogP contribution in [0.5, 0.6) is 0 Å². The van der Waals surface area contributed by atoms with Gasteiger partial charge in [0.25, 0.3) is 11.8 Å². The first-order valence-corrected chi connectivity index (χ1v) is 8.60. The fourth-order valence-electron chi connectivity index (χ4n) is 2.38. The van der Waals surface area contributed by atoms with Crippen LogP contribution in [0.1, 0.15) is 25.0 Å². The van der Waals surface area contributed by atoms with Crippen molar-refractivity contribution in [2.75, 3.05) is 13.1 Å². The molecular formula is C22H22N2O2. The van der Waals surface area contributed by atoms with E-state index in [9.17, 15) is 9.59 Å². The standard InChI is InChI=1S/C22H22N2O2/c1-3-23-21(25)19(16-15-17-11-7-5-8-12-17)20(22(26)24-4-2)18-13-9-6-10-14-18/h5-14H,3-4H2,1-2H3,(H,23,25)(H,24,26)/b20-19-. The topological polar surface area (TPSA) is 58.2 Å². The molecular weight excluding hydrogens is 324 g/mol. The van der Waals surface area contributed by atoms with Crippen molar-refractivity contribution in [3.63, 3.8) is 0 Å². The highest BCUT2D eigenvalue weighted by Gasteiger charge is 2.20. The first kappa shape index (κ1) is 19.0. The van der Waals surface area contributed by atoms with E-state index in [0.717, 1.165) is 5.56 Å². The molecule has 0 heterocycles. The van der Waals surface area contributed by atoms with Gasteiger partial charge in [-0.1, -0.05) is 60.4 Å². The van der Waals surface area contributed by atoms with E-state index >= 15 is 0 Å². The molecule has 2 aromatic rings. The SMILES string of the molecule is CCNC(=O)/C(C#Cc1ccccc1)=C(\C(=O)NCC)c1ccccc1. The van der Waals surface area contributed by atoms with E-state index in [-0.39, 0.29) is 23.0 Å². The Balaban J connectivity index is 2.64. The smallest absolute Gasteiger partial charge is 0.260 e. The van der Waals surface area contributed by atoms with Crippen LogP contribution in [-0.2, 0) is 9.59 Å². The van der Waals surface area contributed by atoms with Crippen LogP contribution >= 0.6 is 0 Å². The summed E-state index contributed by atoms with van der Waals surface area (Å²) in [6.07, 6.45) is 0. The van der Waals surface area contributed by atoms with Gasteiger partial charge in [0.2, 0.25) is 0 Å². The fraction of sp³-hybridized carbons (Fsp3) is 0.182. The summed E-state index contributed by atoms with van der Waals surface area (Å²) in [7, 11) is 0. The number of rotatable bonds is 5. The van der Waals surface area contributed by atoms with Crippen LogP contribution < -0.4 is 10.6 Å². The second-order valence-corrected chi connectivity index (χ2v) is 5.45. The van der Waals surface area contributed by atoms with Gasteiger partial charge >= 0.3 is 0 Å². The molecule has 0 aliphatic heterocycles. The molecule has 0 aliphatic rings. The van der Waals surface area contributed by atoms with Crippen LogP contribution in [0, 0.1) is 11.8 Å². The number of carbonyl (C=O) groups is 2. The third-order valence-corrected chi connectivity index (χ3v) is 3.55. The molecule has 0 atom stereocenters. The van der Waals surface area contributed by atoms with E-state index in [1.807, 2.05) is 62.4 Å². The zero-order valence-corrected chi connectivity index (χ0v) is 15.0. The normalized spacial score (nSPS) is 10.8. The molecule has 4 nitrogen and oxygen atoms in total. The van der Waals surface area contributed by atoms with Crippen molar-refractivity contribution >= 4 is 17.4 Å². The van der Waals surface area contributed by atoms with E-state index in [2.05, 4.69) is 22.5 Å². The monoisotopic (exact) mass is 346 g/mol. The predicted molar refractivity (Wildman–Crippen MR) is 104 cm³/mol. The maximum Gasteiger partial charge on any atom is 0.260 e. The van der Waals surface area contributed by atoms with E-state index in [1.54, 1.807) is 12.1 Å². The van der Waals surface area contributed by atoms with Gasteiger partial charge in [-0.15, -0.1) is 0 Å². The van der Waals surface area contributed by atoms with Crippen LogP contribution in [0.2, 0.25) is 0 Å². The van der Waals surface area contributed by atoms with Crippen LogP contribution in [0.3, 0.4) is 0 Å². The molecule has 0 aliphatic carbocycles. The summed E-state index contributed by atoms with van der Waals surface area (Å²) in [5, 5.41) is 5.52. The quantitative estimate of drug-likeness (QED) is 0.646. The Morgan fingerprint density at radius 2 is 1.35 bits per heavy atom. The van der Waals surface area contributed by atoms with Crippen molar-refractivity contribution in [2.45, 2.75) is 13.8 Å². The van der Waals surface area contributed by atoms with E-state index in [0.29, 0.717) is 18.7 Å². The van der Waals surface area contributed by atoms with Gasteiger partial charge in [-0.2, -0.15) is 0 Å². The lowest BCUT2D eigenvalue weighted by Crippen LogP contribution is -2.30. The molecule has 0 saturated heterocycles. The summed E-state index contributed by atoms with van der Waals surface area (Å²) in [5.74, 6) is 5.22. The van der Waals surface area contributed by atoms with Crippen molar-refractivity contribution in [3.8, 4) is 11.8 Å². The first-order chi connectivity index (χ1) is 12.7. The third kappa shape index (κ3) is 5.09. The van der Waals surface area contributed by atoms with Crippen LogP contribution in [0.25, 0.3) is 5.57 Å². The molecule has 0 unspecified atom stereocenters. The number of nitrogens with one attached hydrogen (secondary N) is 2. The Labute approximate surface area is 154 Å². The minimum atomic E-state index is -0.360. The predicted octanol–water partition coefficient (Wildman–Crippen LogP) is 2.76. The van der Waals surface area contributed by atoms with Gasteiger partial charge in [-0.3, -0.25) is 9.59 Å². The van der Waals surface area contributed by atoms with Crippen molar-refractivity contribution in [2.24, 2.45) is 0 Å². The van der Waals surface area contributed by atoms with Crippen LogP contribution in [-0.4, -0.2) is 24.9 Å². The Morgan fingerprint density at radius 3 is 1.92 bits per heavy atom. The molecule has 132 valence electrons. The average molecular weight is 346 g/mol. The summed E-state index contributed by atoms with van der Waals surface area (Å²) < 4.78 is 0. The molecule has 2 rings (SSSR count). The molecule has 2 N–H and O–H groups in total. The van der Waals surface area contributed by atoms with Gasteiger partial charge < -0.3 is 10.6 Å². The zero-order chi connectivity index (χ0) is 18.8. The maximum absolute atomic E-state index is 12.7. The molecule has 4 heteroatoms. The molecule has 2 aromatic carbocycles.